The molecule has 1 aromatic heterocycles. The predicted octanol–water partition coefficient (Wildman–Crippen LogP) is 6.06. The van der Waals surface area contributed by atoms with Crippen molar-refractivity contribution < 1.29 is 33.3 Å². The van der Waals surface area contributed by atoms with Gasteiger partial charge in [0, 0.05) is 17.1 Å². The number of aromatic nitrogens is 1. The van der Waals surface area contributed by atoms with Gasteiger partial charge in [-0.25, -0.2) is 4.79 Å². The van der Waals surface area contributed by atoms with E-state index in [1.54, 1.807) is 77.1 Å². The van der Waals surface area contributed by atoms with E-state index in [1.807, 2.05) is 18.2 Å². The summed E-state index contributed by atoms with van der Waals surface area (Å²) in [6.45, 7) is 2.72. The van der Waals surface area contributed by atoms with Crippen molar-refractivity contribution in [1.29, 1.82) is 0 Å². The van der Waals surface area contributed by atoms with Crippen LogP contribution in [0.15, 0.2) is 72.0 Å². The molecule has 0 bridgehead atoms. The number of methoxy groups -OCH3 is 4. The number of fused-ring (bicyclic) bond motifs is 1. The lowest BCUT2D eigenvalue weighted by Gasteiger charge is -2.14. The third-order valence-electron chi connectivity index (χ3n) is 6.23. The lowest BCUT2D eigenvalue weighted by molar-refractivity contribution is 0.0517. The third-order valence-corrected chi connectivity index (χ3v) is 6.23. The van der Waals surface area contributed by atoms with Crippen molar-refractivity contribution in [3.8, 4) is 28.7 Å². The molecular weight excluding hydrogens is 512 g/mol. The number of oxime groups is 1. The average molecular weight is 545 g/mol. The monoisotopic (exact) mass is 544 g/mol. The van der Waals surface area contributed by atoms with Gasteiger partial charge in [0.05, 0.1) is 40.6 Å². The summed E-state index contributed by atoms with van der Waals surface area (Å²) >= 11 is 0. The predicted molar refractivity (Wildman–Crippen MR) is 152 cm³/mol. The van der Waals surface area contributed by atoms with Gasteiger partial charge in [0.1, 0.15) is 17.2 Å². The minimum atomic E-state index is -0.627. The molecule has 4 aromatic rings. The van der Waals surface area contributed by atoms with Gasteiger partial charge in [0.2, 0.25) is 0 Å². The molecule has 0 amide bonds. The fourth-order valence-electron chi connectivity index (χ4n) is 4.07. The molecule has 0 aliphatic carbocycles. The van der Waals surface area contributed by atoms with E-state index in [4.69, 9.17) is 28.5 Å². The van der Waals surface area contributed by atoms with Crippen molar-refractivity contribution in [2.45, 2.75) is 19.8 Å². The SMILES string of the molecule is CCCCOc1ccc(C(=O)O/N=C(/c2ccc(OC)c(OC)c2)c2nccc3cc(OC)c(OC)cc23)cc1. The second-order valence-corrected chi connectivity index (χ2v) is 8.70. The largest absolute Gasteiger partial charge is 0.494 e. The maximum Gasteiger partial charge on any atom is 0.365 e. The molecule has 0 unspecified atom stereocenters. The Morgan fingerprint density at radius 2 is 1.43 bits per heavy atom. The number of carbonyl (C=O) groups excluding carboxylic acids is 1. The highest BCUT2D eigenvalue weighted by atomic mass is 16.7. The number of pyridine rings is 1. The van der Waals surface area contributed by atoms with Crippen LogP contribution in [0.2, 0.25) is 0 Å². The van der Waals surface area contributed by atoms with Crippen LogP contribution in [-0.2, 0) is 4.84 Å². The van der Waals surface area contributed by atoms with Crippen LogP contribution >= 0.6 is 0 Å². The maximum atomic E-state index is 13.0. The first-order valence-electron chi connectivity index (χ1n) is 12.8. The minimum Gasteiger partial charge on any atom is -0.494 e. The number of nitrogens with zero attached hydrogens (tertiary/aromatic N) is 2. The Morgan fingerprint density at radius 1 is 0.775 bits per heavy atom. The molecule has 40 heavy (non-hydrogen) atoms. The quantitative estimate of drug-likeness (QED) is 0.0919. The zero-order chi connectivity index (χ0) is 28.5. The molecule has 0 aliphatic heterocycles. The molecule has 0 fully saturated rings. The first kappa shape index (κ1) is 28.2. The molecule has 9 nitrogen and oxygen atoms in total. The molecule has 3 aromatic carbocycles. The van der Waals surface area contributed by atoms with Gasteiger partial charge < -0.3 is 28.5 Å². The van der Waals surface area contributed by atoms with E-state index in [2.05, 4.69) is 17.1 Å². The van der Waals surface area contributed by atoms with E-state index in [1.165, 1.54) is 0 Å². The molecule has 208 valence electrons. The highest BCUT2D eigenvalue weighted by molar-refractivity contribution is 6.18. The van der Waals surface area contributed by atoms with Gasteiger partial charge in [-0.2, -0.15) is 0 Å². The van der Waals surface area contributed by atoms with Crippen molar-refractivity contribution in [1.82, 2.24) is 4.98 Å². The first-order valence-corrected chi connectivity index (χ1v) is 12.8. The van der Waals surface area contributed by atoms with Crippen LogP contribution in [0, 0.1) is 0 Å². The molecule has 0 atom stereocenters. The first-order chi connectivity index (χ1) is 19.5. The Labute approximate surface area is 233 Å². The number of rotatable bonds is 12. The molecule has 0 N–H and O–H groups in total. The van der Waals surface area contributed by atoms with Crippen LogP contribution in [0.25, 0.3) is 10.8 Å². The van der Waals surface area contributed by atoms with Crippen molar-refractivity contribution in [2.24, 2.45) is 5.16 Å². The van der Waals surface area contributed by atoms with Crippen molar-refractivity contribution >= 4 is 22.5 Å². The van der Waals surface area contributed by atoms with Crippen molar-refractivity contribution in [2.75, 3.05) is 35.0 Å². The second-order valence-electron chi connectivity index (χ2n) is 8.70. The van der Waals surface area contributed by atoms with Crippen molar-refractivity contribution in [3.05, 3.63) is 83.7 Å². The Balaban J connectivity index is 1.76. The van der Waals surface area contributed by atoms with Gasteiger partial charge in [0.15, 0.2) is 23.0 Å². The average Bonchev–Trinajstić information content (AvgIpc) is 3.00. The minimum absolute atomic E-state index is 0.312. The number of hydrogen-bond donors (Lipinski definition) is 0. The maximum absolute atomic E-state index is 13.0. The fraction of sp³-hybridized carbons (Fsp3) is 0.258. The molecule has 1 heterocycles. The normalized spacial score (nSPS) is 11.2. The summed E-state index contributed by atoms with van der Waals surface area (Å²) in [5, 5.41) is 5.86. The number of carbonyl (C=O) groups is 1. The lowest BCUT2D eigenvalue weighted by Crippen LogP contribution is -2.11. The van der Waals surface area contributed by atoms with E-state index in [0.717, 1.165) is 23.6 Å². The molecule has 0 saturated heterocycles. The Morgan fingerprint density at radius 3 is 2.10 bits per heavy atom. The van der Waals surface area contributed by atoms with Crippen LogP contribution in [0.5, 0.6) is 28.7 Å². The van der Waals surface area contributed by atoms with Gasteiger partial charge in [-0.05, 0) is 72.5 Å². The summed E-state index contributed by atoms with van der Waals surface area (Å²) in [6, 6.07) is 17.5. The van der Waals surface area contributed by atoms with Crippen LogP contribution in [0.1, 0.15) is 41.4 Å². The Kier molecular flexibility index (Phi) is 9.40. The van der Waals surface area contributed by atoms with E-state index < -0.39 is 5.97 Å². The highest BCUT2D eigenvalue weighted by Gasteiger charge is 2.19. The van der Waals surface area contributed by atoms with Crippen LogP contribution < -0.4 is 23.7 Å². The summed E-state index contributed by atoms with van der Waals surface area (Å²) in [6.07, 6.45) is 3.65. The van der Waals surface area contributed by atoms with Crippen molar-refractivity contribution in [3.63, 3.8) is 0 Å². The van der Waals surface area contributed by atoms with Gasteiger partial charge in [-0.1, -0.05) is 18.5 Å². The molecule has 0 saturated carbocycles. The van der Waals surface area contributed by atoms with Crippen LogP contribution in [0.4, 0.5) is 0 Å². The van der Waals surface area contributed by atoms with Crippen LogP contribution in [0.3, 0.4) is 0 Å². The number of hydrogen-bond acceptors (Lipinski definition) is 9. The molecule has 0 radical (unpaired) electrons. The summed E-state index contributed by atoms with van der Waals surface area (Å²) < 4.78 is 27.6. The number of benzene rings is 3. The molecular formula is C31H32N2O7. The summed E-state index contributed by atoms with van der Waals surface area (Å²) in [7, 11) is 6.23. The Hall–Kier alpha value is -4.79. The van der Waals surface area contributed by atoms with E-state index in [9.17, 15) is 4.79 Å². The summed E-state index contributed by atoms with van der Waals surface area (Å²) in [5.41, 5.74) is 1.71. The van der Waals surface area contributed by atoms with Gasteiger partial charge in [0.25, 0.3) is 0 Å². The van der Waals surface area contributed by atoms with Gasteiger partial charge in [-0.15, -0.1) is 0 Å². The summed E-state index contributed by atoms with van der Waals surface area (Å²) in [5.74, 6) is 2.18. The number of unbranched alkanes of at least 4 members (excludes halogenated alkanes) is 1. The van der Waals surface area contributed by atoms with E-state index in [-0.39, 0.29) is 0 Å². The Bertz CT molecular complexity index is 1500. The zero-order valence-electron chi connectivity index (χ0n) is 23.2. The lowest BCUT2D eigenvalue weighted by atomic mass is 10.0. The number of ether oxygens (including phenoxy) is 5. The standard InChI is InChI=1S/C31H32N2O7/c1-6-7-16-39-23-11-8-20(9-12-23)31(34)40-33-29(22-10-13-25(35-2)26(18-22)36-3)30-24-19-28(38-5)27(37-4)17-21(24)14-15-32-30/h8-15,17-19H,6-7,16H2,1-5H3/b33-29-. The van der Waals surface area contributed by atoms with Crippen LogP contribution in [-0.4, -0.2) is 51.7 Å². The van der Waals surface area contributed by atoms with Gasteiger partial charge in [-0.3, -0.25) is 4.98 Å². The van der Waals surface area contributed by atoms with Gasteiger partial charge >= 0.3 is 5.97 Å². The fourth-order valence-corrected chi connectivity index (χ4v) is 4.07. The topological polar surface area (TPSA) is 97.7 Å². The highest BCUT2D eigenvalue weighted by Crippen LogP contribution is 2.35. The second kappa shape index (κ2) is 13.3. The summed E-state index contributed by atoms with van der Waals surface area (Å²) in [4.78, 5) is 23.0. The zero-order valence-corrected chi connectivity index (χ0v) is 23.2. The molecule has 9 heteroatoms. The molecule has 4 rings (SSSR count). The molecule has 0 aliphatic rings. The van der Waals surface area contributed by atoms with E-state index >= 15 is 0 Å². The third kappa shape index (κ3) is 6.26. The van der Waals surface area contributed by atoms with E-state index in [0.29, 0.717) is 57.9 Å². The molecule has 0 spiro atoms. The smallest absolute Gasteiger partial charge is 0.365 e.